The highest BCUT2D eigenvalue weighted by molar-refractivity contribution is 5.68. The summed E-state index contributed by atoms with van der Waals surface area (Å²) in [5.41, 5.74) is 5.11. The van der Waals surface area contributed by atoms with Crippen molar-refractivity contribution < 1.29 is 42.7 Å². The Hall–Kier alpha value is -3.72. The monoisotopic (exact) mass is 696 g/mol. The van der Waals surface area contributed by atoms with Gasteiger partial charge in [-0.2, -0.15) is 0 Å². The van der Waals surface area contributed by atoms with Crippen molar-refractivity contribution in [2.75, 3.05) is 92.0 Å². The molecular weight excluding hydrogens is 644 g/mol. The first-order chi connectivity index (χ1) is 24.5. The number of amides is 1. The van der Waals surface area contributed by atoms with Crippen LogP contribution in [-0.4, -0.2) is 120 Å². The minimum absolute atomic E-state index is 0.160. The highest BCUT2D eigenvalue weighted by Gasteiger charge is 2.42. The first kappa shape index (κ1) is 37.5. The van der Waals surface area contributed by atoms with Gasteiger partial charge in [-0.1, -0.05) is 30.3 Å². The molecule has 0 aliphatic carbocycles. The van der Waals surface area contributed by atoms with Crippen LogP contribution in [-0.2, 0) is 60.0 Å². The van der Waals surface area contributed by atoms with Crippen molar-refractivity contribution in [2.45, 2.75) is 44.4 Å². The van der Waals surface area contributed by atoms with E-state index >= 15 is 0 Å². The van der Waals surface area contributed by atoms with Crippen LogP contribution in [0.1, 0.15) is 34.7 Å². The van der Waals surface area contributed by atoms with E-state index in [9.17, 15) is 4.79 Å². The third-order valence-corrected chi connectivity index (χ3v) is 9.02. The molecule has 2 aromatic carbocycles. The van der Waals surface area contributed by atoms with Gasteiger partial charge in [-0.25, -0.2) is 9.78 Å². The number of aromatic nitrogens is 2. The number of methoxy groups -OCH3 is 3. The van der Waals surface area contributed by atoms with E-state index in [0.29, 0.717) is 65.9 Å². The van der Waals surface area contributed by atoms with Gasteiger partial charge in [-0.05, 0) is 35.2 Å². The quantitative estimate of drug-likeness (QED) is 0.168. The van der Waals surface area contributed by atoms with Crippen molar-refractivity contribution >= 4 is 11.8 Å². The Morgan fingerprint density at radius 1 is 0.860 bits per heavy atom. The van der Waals surface area contributed by atoms with E-state index in [4.69, 9.17) is 37.9 Å². The zero-order valence-corrected chi connectivity index (χ0v) is 29.8. The van der Waals surface area contributed by atoms with Crippen LogP contribution in [0, 0.1) is 0 Å². The average Bonchev–Trinajstić information content (AvgIpc) is 3.56. The molecule has 50 heavy (non-hydrogen) atoms. The predicted molar refractivity (Wildman–Crippen MR) is 187 cm³/mol. The predicted octanol–water partition coefficient (Wildman–Crippen LogP) is 4.17. The summed E-state index contributed by atoms with van der Waals surface area (Å²) in [7, 11) is 6.90. The molecule has 3 atom stereocenters. The maximum atomic E-state index is 13.3. The standard InChI is InChI=1S/C37H52N4O9/c1-39-27-38-21-31(39)26-50-35-23-41(37(42)48-19-17-45-4)22-34(36(35)30-9-6-28(7-10-30)24-46-18-16-44-3)49-25-29-8-11-33-32(20-29)40(13-15-47-33)12-5-14-43-2/h6-11,20-21,27,34-36H,5,12-19,22-26H2,1-4H3/t34-,35+,36+/m0/s1. The number of rotatable bonds is 19. The van der Waals surface area contributed by atoms with E-state index in [1.54, 1.807) is 38.8 Å². The van der Waals surface area contributed by atoms with Gasteiger partial charge in [0, 0.05) is 47.4 Å². The van der Waals surface area contributed by atoms with Gasteiger partial charge in [0.1, 0.15) is 19.0 Å². The molecule has 3 aromatic rings. The molecule has 1 saturated heterocycles. The van der Waals surface area contributed by atoms with Crippen molar-refractivity contribution in [1.29, 1.82) is 0 Å². The van der Waals surface area contributed by atoms with Gasteiger partial charge in [0.15, 0.2) is 0 Å². The number of hydrogen-bond acceptors (Lipinski definition) is 11. The molecule has 1 aromatic heterocycles. The molecule has 0 spiro atoms. The largest absolute Gasteiger partial charge is 0.490 e. The highest BCUT2D eigenvalue weighted by Crippen LogP contribution is 2.36. The van der Waals surface area contributed by atoms with Crippen molar-refractivity contribution in [1.82, 2.24) is 14.5 Å². The van der Waals surface area contributed by atoms with Crippen molar-refractivity contribution in [2.24, 2.45) is 7.05 Å². The van der Waals surface area contributed by atoms with E-state index in [-0.39, 0.29) is 12.5 Å². The Kier molecular flexibility index (Phi) is 14.7. The van der Waals surface area contributed by atoms with E-state index in [1.807, 2.05) is 23.7 Å². The third kappa shape index (κ3) is 10.4. The van der Waals surface area contributed by atoms with Gasteiger partial charge in [0.25, 0.3) is 0 Å². The summed E-state index contributed by atoms with van der Waals surface area (Å²) in [5.74, 6) is 0.689. The van der Waals surface area contributed by atoms with Gasteiger partial charge in [-0.3, -0.25) is 0 Å². The number of nitrogens with zero attached hydrogens (tertiary/aromatic N) is 4. The highest BCUT2D eigenvalue weighted by atomic mass is 16.6. The zero-order chi connectivity index (χ0) is 35.1. The number of carbonyl (C=O) groups is 1. The second kappa shape index (κ2) is 19.6. The summed E-state index contributed by atoms with van der Waals surface area (Å²) >= 11 is 0. The van der Waals surface area contributed by atoms with E-state index < -0.39 is 18.3 Å². The summed E-state index contributed by atoms with van der Waals surface area (Å²) in [6.07, 6.45) is 3.25. The number of imidazole rings is 1. The van der Waals surface area contributed by atoms with Gasteiger partial charge in [0.05, 0.1) is 95.4 Å². The molecule has 13 heteroatoms. The van der Waals surface area contributed by atoms with Crippen LogP contribution in [0.3, 0.4) is 0 Å². The van der Waals surface area contributed by atoms with Crippen LogP contribution in [0.2, 0.25) is 0 Å². The normalized spacial score (nSPS) is 18.9. The third-order valence-electron chi connectivity index (χ3n) is 9.02. The smallest absolute Gasteiger partial charge is 0.410 e. The summed E-state index contributed by atoms with van der Waals surface area (Å²) in [6.45, 7) is 6.41. The maximum absolute atomic E-state index is 13.3. The van der Waals surface area contributed by atoms with E-state index in [0.717, 1.165) is 53.3 Å². The summed E-state index contributed by atoms with van der Waals surface area (Å²) in [6, 6.07) is 14.6. The number of benzene rings is 2. The lowest BCUT2D eigenvalue weighted by Gasteiger charge is -2.43. The van der Waals surface area contributed by atoms with Crippen LogP contribution >= 0.6 is 0 Å². The van der Waals surface area contributed by atoms with Crippen molar-refractivity contribution in [3.05, 3.63) is 77.4 Å². The molecule has 0 bridgehead atoms. The number of piperidine rings is 1. The van der Waals surface area contributed by atoms with Crippen molar-refractivity contribution in [3.8, 4) is 5.75 Å². The Morgan fingerprint density at radius 2 is 1.58 bits per heavy atom. The van der Waals surface area contributed by atoms with Crippen molar-refractivity contribution in [3.63, 3.8) is 0 Å². The number of hydrogen-bond donors (Lipinski definition) is 0. The molecule has 274 valence electrons. The summed E-state index contributed by atoms with van der Waals surface area (Å²) in [4.78, 5) is 21.6. The molecule has 0 N–H and O–H groups in total. The molecule has 0 saturated carbocycles. The zero-order valence-electron chi connectivity index (χ0n) is 29.8. The minimum Gasteiger partial charge on any atom is -0.490 e. The van der Waals surface area contributed by atoms with Crippen LogP contribution < -0.4 is 9.64 Å². The molecule has 2 aliphatic rings. The molecule has 1 amide bonds. The Bertz CT molecular complexity index is 1450. The van der Waals surface area contributed by atoms with Gasteiger partial charge in [-0.15, -0.1) is 0 Å². The van der Waals surface area contributed by atoms with E-state index in [2.05, 4.69) is 40.2 Å². The number of likely N-dealkylation sites (tertiary alicyclic amines) is 1. The van der Waals surface area contributed by atoms with Crippen LogP contribution in [0.15, 0.2) is 55.0 Å². The number of ether oxygens (including phenoxy) is 8. The molecule has 0 radical (unpaired) electrons. The fraction of sp³-hybridized carbons (Fsp3) is 0.568. The lowest BCUT2D eigenvalue weighted by molar-refractivity contribution is -0.0968. The lowest BCUT2D eigenvalue weighted by Crippen LogP contribution is -2.54. The molecule has 0 unspecified atom stereocenters. The SMILES string of the molecule is COCCCN1CCOc2ccc(CO[C@H]3CN(C(=O)OCCOC)C[C@@H](OCc4cncn4C)[C@@H]3c3ccc(COCCOC)cc3)cc21. The Labute approximate surface area is 295 Å². The van der Waals surface area contributed by atoms with Gasteiger partial charge < -0.3 is 52.3 Å². The molecule has 13 nitrogen and oxygen atoms in total. The number of carbonyl (C=O) groups excluding carboxylic acids is 1. The van der Waals surface area contributed by atoms with Crippen LogP contribution in [0.4, 0.5) is 10.5 Å². The minimum atomic E-state index is -0.426. The fourth-order valence-electron chi connectivity index (χ4n) is 6.30. The molecule has 1 fully saturated rings. The van der Waals surface area contributed by atoms with Gasteiger partial charge in [0.2, 0.25) is 0 Å². The second-order valence-electron chi connectivity index (χ2n) is 12.5. The van der Waals surface area contributed by atoms with Gasteiger partial charge >= 0.3 is 6.09 Å². The first-order valence-electron chi connectivity index (χ1n) is 17.2. The second-order valence-corrected chi connectivity index (χ2v) is 12.5. The number of aryl methyl sites for hydroxylation is 1. The lowest BCUT2D eigenvalue weighted by atomic mass is 9.84. The molecule has 2 aliphatic heterocycles. The van der Waals surface area contributed by atoms with Crippen LogP contribution in [0.25, 0.3) is 0 Å². The fourth-order valence-corrected chi connectivity index (χ4v) is 6.30. The first-order valence-corrected chi connectivity index (χ1v) is 17.2. The Balaban J connectivity index is 1.39. The molecule has 5 rings (SSSR count). The Morgan fingerprint density at radius 3 is 2.30 bits per heavy atom. The number of anilines is 1. The molecule has 3 heterocycles. The maximum Gasteiger partial charge on any atom is 0.410 e. The number of fused-ring (bicyclic) bond motifs is 1. The van der Waals surface area contributed by atoms with E-state index in [1.165, 1.54) is 0 Å². The summed E-state index contributed by atoms with van der Waals surface area (Å²) in [5, 5.41) is 0. The molecular formula is C37H52N4O9. The topological polar surface area (TPSA) is 115 Å². The van der Waals surface area contributed by atoms with Crippen LogP contribution in [0.5, 0.6) is 5.75 Å². The summed E-state index contributed by atoms with van der Waals surface area (Å²) < 4.78 is 48.1. The average molecular weight is 697 g/mol.